The Morgan fingerprint density at radius 3 is 2.54 bits per heavy atom. The van der Waals surface area contributed by atoms with Crippen LogP contribution in [0.15, 0.2) is 28.7 Å². The van der Waals surface area contributed by atoms with Gasteiger partial charge in [0.2, 0.25) is 5.89 Å². The molecular formula is C19H25ClN4O2. The molecule has 1 aliphatic heterocycles. The average molecular weight is 377 g/mol. The van der Waals surface area contributed by atoms with E-state index in [1.54, 1.807) is 0 Å². The van der Waals surface area contributed by atoms with Crippen molar-refractivity contribution in [3.05, 3.63) is 40.9 Å². The van der Waals surface area contributed by atoms with Crippen molar-refractivity contribution in [2.75, 3.05) is 32.7 Å². The van der Waals surface area contributed by atoms with Crippen molar-refractivity contribution in [3.8, 4) is 11.3 Å². The van der Waals surface area contributed by atoms with Crippen LogP contribution in [0, 0.1) is 6.92 Å². The molecule has 1 aliphatic rings. The molecule has 1 saturated heterocycles. The largest absolute Gasteiger partial charge is 0.439 e. The molecule has 3 rings (SSSR count). The van der Waals surface area contributed by atoms with Gasteiger partial charge in [-0.1, -0.05) is 11.6 Å². The summed E-state index contributed by atoms with van der Waals surface area (Å²) in [5.41, 5.74) is 1.84. The highest BCUT2D eigenvalue weighted by atomic mass is 35.5. The van der Waals surface area contributed by atoms with Crippen molar-refractivity contribution < 1.29 is 9.21 Å². The minimum atomic E-state index is 0.0109. The number of amides is 2. The summed E-state index contributed by atoms with van der Waals surface area (Å²) >= 11 is 5.96. The molecule has 0 spiro atoms. The van der Waals surface area contributed by atoms with Crippen molar-refractivity contribution in [2.45, 2.75) is 26.8 Å². The highest BCUT2D eigenvalue weighted by Crippen LogP contribution is 2.30. The number of hydrogen-bond donors (Lipinski definition) is 1. The molecule has 0 bridgehead atoms. The van der Waals surface area contributed by atoms with E-state index in [-0.39, 0.29) is 12.1 Å². The van der Waals surface area contributed by atoms with Crippen LogP contribution >= 0.6 is 11.6 Å². The number of carbonyl (C=O) groups is 1. The van der Waals surface area contributed by atoms with E-state index in [0.29, 0.717) is 30.5 Å². The van der Waals surface area contributed by atoms with Crippen LogP contribution < -0.4 is 5.32 Å². The van der Waals surface area contributed by atoms with Crippen LogP contribution in [0.1, 0.15) is 31.5 Å². The molecule has 2 aromatic rings. The van der Waals surface area contributed by atoms with Gasteiger partial charge in [0.25, 0.3) is 0 Å². The summed E-state index contributed by atoms with van der Waals surface area (Å²) in [7, 11) is 0. The number of oxazole rings is 1. The molecule has 2 amide bonds. The molecule has 1 aromatic carbocycles. The Kier molecular flexibility index (Phi) is 5.84. The highest BCUT2D eigenvalue weighted by molar-refractivity contribution is 6.30. The lowest BCUT2D eigenvalue weighted by Gasteiger charge is -2.36. The molecule has 7 heteroatoms. The summed E-state index contributed by atoms with van der Waals surface area (Å²) in [4.78, 5) is 20.7. The van der Waals surface area contributed by atoms with Crippen LogP contribution in [0.5, 0.6) is 0 Å². The van der Waals surface area contributed by atoms with Crippen molar-refractivity contribution in [1.29, 1.82) is 0 Å². The monoisotopic (exact) mass is 376 g/mol. The number of nitrogens with one attached hydrogen (secondary N) is 1. The smallest absolute Gasteiger partial charge is 0.317 e. The third kappa shape index (κ3) is 4.02. The molecule has 0 radical (unpaired) electrons. The number of hydrogen-bond acceptors (Lipinski definition) is 4. The van der Waals surface area contributed by atoms with E-state index < -0.39 is 0 Å². The van der Waals surface area contributed by atoms with Crippen LogP contribution in [0.25, 0.3) is 11.3 Å². The number of urea groups is 1. The van der Waals surface area contributed by atoms with E-state index >= 15 is 0 Å². The van der Waals surface area contributed by atoms with E-state index in [1.807, 2.05) is 43.0 Å². The zero-order chi connectivity index (χ0) is 18.7. The second-order valence-corrected chi connectivity index (χ2v) is 6.94. The zero-order valence-corrected chi connectivity index (χ0v) is 16.2. The molecule has 1 aromatic heterocycles. The summed E-state index contributed by atoms with van der Waals surface area (Å²) in [5.74, 6) is 1.49. The van der Waals surface area contributed by atoms with Crippen molar-refractivity contribution >= 4 is 17.6 Å². The normalized spacial score (nSPS) is 16.5. The second kappa shape index (κ2) is 8.10. The third-order valence-corrected chi connectivity index (χ3v) is 5.01. The lowest BCUT2D eigenvalue weighted by atomic mass is 10.1. The predicted molar refractivity (Wildman–Crippen MR) is 102 cm³/mol. The number of carbonyl (C=O) groups excluding carboxylic acids is 1. The Morgan fingerprint density at radius 1 is 1.27 bits per heavy atom. The first-order valence-corrected chi connectivity index (χ1v) is 9.37. The van der Waals surface area contributed by atoms with Crippen LogP contribution in [-0.4, -0.2) is 53.5 Å². The molecular weight excluding hydrogens is 352 g/mol. The Balaban J connectivity index is 1.67. The van der Waals surface area contributed by atoms with Gasteiger partial charge in [-0.05, 0) is 45.0 Å². The second-order valence-electron chi connectivity index (χ2n) is 6.51. The van der Waals surface area contributed by atoms with E-state index in [2.05, 4.69) is 22.1 Å². The fourth-order valence-electron chi connectivity index (χ4n) is 3.20. The van der Waals surface area contributed by atoms with Crippen molar-refractivity contribution in [2.24, 2.45) is 0 Å². The van der Waals surface area contributed by atoms with Gasteiger partial charge in [0.15, 0.2) is 5.76 Å². The third-order valence-electron chi connectivity index (χ3n) is 4.75. The number of rotatable bonds is 4. The standard InChI is InChI=1S/C19H25ClN4O2/c1-4-21-19(25)24-11-9-23(10-12-24)14(3)18-22-13(2)17(26-18)15-5-7-16(20)8-6-15/h5-8,14H,4,9-12H2,1-3H3,(H,21,25). The van der Waals surface area contributed by atoms with Gasteiger partial charge >= 0.3 is 6.03 Å². The summed E-state index contributed by atoms with van der Waals surface area (Å²) in [6.45, 7) is 9.65. The van der Waals surface area contributed by atoms with Crippen LogP contribution in [0.4, 0.5) is 4.79 Å². The maximum atomic E-state index is 11.9. The molecule has 6 nitrogen and oxygen atoms in total. The molecule has 1 atom stereocenters. The van der Waals surface area contributed by atoms with Crippen LogP contribution in [0.2, 0.25) is 5.02 Å². The summed E-state index contributed by atoms with van der Waals surface area (Å²) in [6.07, 6.45) is 0. The van der Waals surface area contributed by atoms with Crippen molar-refractivity contribution in [3.63, 3.8) is 0 Å². The number of aromatic nitrogens is 1. The molecule has 2 heterocycles. The molecule has 26 heavy (non-hydrogen) atoms. The Bertz CT molecular complexity index is 751. The molecule has 1 fully saturated rings. The van der Waals surface area contributed by atoms with Gasteiger partial charge in [-0.25, -0.2) is 9.78 Å². The topological polar surface area (TPSA) is 61.6 Å². The van der Waals surface area contributed by atoms with E-state index in [4.69, 9.17) is 16.0 Å². The van der Waals surface area contributed by atoms with E-state index in [1.165, 1.54) is 0 Å². The Labute approximate surface area is 159 Å². The van der Waals surface area contributed by atoms with Gasteiger partial charge in [-0.15, -0.1) is 0 Å². The number of piperazine rings is 1. The van der Waals surface area contributed by atoms with Gasteiger partial charge in [-0.2, -0.15) is 0 Å². The van der Waals surface area contributed by atoms with E-state index in [0.717, 1.165) is 30.1 Å². The fraction of sp³-hybridized carbons (Fsp3) is 0.474. The molecule has 140 valence electrons. The molecule has 0 saturated carbocycles. The van der Waals surface area contributed by atoms with Crippen LogP contribution in [0.3, 0.4) is 0 Å². The lowest BCUT2D eigenvalue weighted by Crippen LogP contribution is -2.52. The predicted octanol–water partition coefficient (Wildman–Crippen LogP) is 3.71. The average Bonchev–Trinajstić information content (AvgIpc) is 3.04. The quantitative estimate of drug-likeness (QED) is 0.883. The van der Waals surface area contributed by atoms with Gasteiger partial charge in [-0.3, -0.25) is 4.90 Å². The zero-order valence-electron chi connectivity index (χ0n) is 15.5. The minimum absolute atomic E-state index is 0.0109. The Morgan fingerprint density at radius 2 is 1.92 bits per heavy atom. The molecule has 0 aliphatic carbocycles. The van der Waals surface area contributed by atoms with Crippen molar-refractivity contribution in [1.82, 2.24) is 20.1 Å². The van der Waals surface area contributed by atoms with E-state index in [9.17, 15) is 4.79 Å². The fourth-order valence-corrected chi connectivity index (χ4v) is 3.32. The van der Waals surface area contributed by atoms with Crippen LogP contribution in [-0.2, 0) is 0 Å². The Hall–Kier alpha value is -2.05. The summed E-state index contributed by atoms with van der Waals surface area (Å²) < 4.78 is 6.08. The number of benzene rings is 1. The van der Waals surface area contributed by atoms with Gasteiger partial charge in [0.1, 0.15) is 0 Å². The van der Waals surface area contributed by atoms with Gasteiger partial charge in [0, 0.05) is 43.3 Å². The molecule has 1 unspecified atom stereocenters. The van der Waals surface area contributed by atoms with Gasteiger partial charge in [0.05, 0.1) is 11.7 Å². The summed E-state index contributed by atoms with van der Waals surface area (Å²) in [5, 5.41) is 3.55. The maximum Gasteiger partial charge on any atom is 0.317 e. The summed E-state index contributed by atoms with van der Waals surface area (Å²) in [6, 6.07) is 7.65. The maximum absolute atomic E-state index is 11.9. The minimum Gasteiger partial charge on any atom is -0.439 e. The first-order chi connectivity index (χ1) is 12.5. The first-order valence-electron chi connectivity index (χ1n) is 8.99. The number of aryl methyl sites for hydroxylation is 1. The number of nitrogens with zero attached hydrogens (tertiary/aromatic N) is 3. The van der Waals surface area contributed by atoms with Gasteiger partial charge < -0.3 is 14.6 Å². The number of halogens is 1. The molecule has 1 N–H and O–H groups in total. The SMILES string of the molecule is CCNC(=O)N1CCN(C(C)c2nc(C)c(-c3ccc(Cl)cc3)o2)CC1. The first kappa shape index (κ1) is 18.7. The highest BCUT2D eigenvalue weighted by Gasteiger charge is 2.27. The lowest BCUT2D eigenvalue weighted by molar-refractivity contribution is 0.104.